The fraction of sp³-hybridized carbons (Fsp3) is 0.333. The molecule has 1 unspecified atom stereocenters. The zero-order chi connectivity index (χ0) is 29.0. The van der Waals surface area contributed by atoms with Gasteiger partial charge in [0.1, 0.15) is 23.0 Å². The van der Waals surface area contributed by atoms with E-state index in [9.17, 15) is 9.59 Å². The molecule has 10 heteroatoms. The number of benzene rings is 2. The van der Waals surface area contributed by atoms with E-state index >= 15 is 0 Å². The summed E-state index contributed by atoms with van der Waals surface area (Å²) in [4.78, 5) is 51.4. The van der Waals surface area contributed by atoms with E-state index in [4.69, 9.17) is 9.97 Å². The Morgan fingerprint density at radius 2 is 1.67 bits per heavy atom. The van der Waals surface area contributed by atoms with Gasteiger partial charge >= 0.3 is 0 Å². The predicted molar refractivity (Wildman–Crippen MR) is 163 cm³/mol. The van der Waals surface area contributed by atoms with Crippen LogP contribution in [0.4, 0.5) is 34.4 Å². The average molecular weight is 571 g/mol. The van der Waals surface area contributed by atoms with Crippen LogP contribution in [0.25, 0.3) is 0 Å². The Kier molecular flexibility index (Phi) is 5.07. The Bertz CT molecular complexity index is 1900. The number of nitrogens with zero attached hydrogens (tertiary/aromatic N) is 7. The summed E-state index contributed by atoms with van der Waals surface area (Å²) in [7, 11) is 1.81. The smallest absolute Gasteiger partial charge is 0.260 e. The number of aryl methyl sites for hydroxylation is 1. The van der Waals surface area contributed by atoms with E-state index in [1.165, 1.54) is 16.7 Å². The van der Waals surface area contributed by atoms with Crippen molar-refractivity contribution in [2.75, 3.05) is 40.2 Å². The van der Waals surface area contributed by atoms with Gasteiger partial charge in [-0.2, -0.15) is 0 Å². The van der Waals surface area contributed by atoms with Gasteiger partial charge in [-0.3, -0.25) is 9.59 Å². The van der Waals surface area contributed by atoms with Crippen LogP contribution < -0.4 is 20.0 Å². The highest BCUT2D eigenvalue weighted by molar-refractivity contribution is 6.14. The molecule has 214 valence electrons. The van der Waals surface area contributed by atoms with Crippen molar-refractivity contribution in [1.82, 2.24) is 19.9 Å². The van der Waals surface area contributed by atoms with Gasteiger partial charge in [-0.15, -0.1) is 0 Å². The second-order valence-corrected chi connectivity index (χ2v) is 12.4. The van der Waals surface area contributed by atoms with Crippen molar-refractivity contribution in [2.24, 2.45) is 11.8 Å². The van der Waals surface area contributed by atoms with E-state index in [2.05, 4.69) is 43.3 Å². The molecule has 9 rings (SSSR count). The molecule has 2 aromatic carbocycles. The lowest BCUT2D eigenvalue weighted by atomic mass is 9.98. The predicted octanol–water partition coefficient (Wildman–Crippen LogP) is 4.54. The highest BCUT2D eigenvalue weighted by Gasteiger charge is 2.40. The first-order chi connectivity index (χ1) is 20.9. The van der Waals surface area contributed by atoms with Crippen LogP contribution in [0.3, 0.4) is 0 Å². The van der Waals surface area contributed by atoms with Crippen molar-refractivity contribution in [3.63, 3.8) is 0 Å². The number of anilines is 6. The zero-order valence-corrected chi connectivity index (χ0v) is 24.1. The van der Waals surface area contributed by atoms with E-state index in [1.54, 1.807) is 18.1 Å². The lowest BCUT2D eigenvalue weighted by Crippen LogP contribution is -2.26. The van der Waals surface area contributed by atoms with Crippen LogP contribution in [-0.2, 0) is 25.7 Å². The third kappa shape index (κ3) is 3.71. The molecule has 10 nitrogen and oxygen atoms in total. The molecule has 4 aliphatic heterocycles. The van der Waals surface area contributed by atoms with Crippen LogP contribution in [0.1, 0.15) is 55.5 Å². The molecule has 4 aromatic rings. The number of rotatable bonds is 4. The maximum absolute atomic E-state index is 13.3. The van der Waals surface area contributed by atoms with Crippen molar-refractivity contribution in [3.05, 3.63) is 82.2 Å². The van der Waals surface area contributed by atoms with Crippen LogP contribution >= 0.6 is 0 Å². The minimum atomic E-state index is -0.1000. The number of nitrogens with one attached hydrogen (secondary N) is 1. The zero-order valence-electron chi connectivity index (χ0n) is 24.1. The first-order valence-corrected chi connectivity index (χ1v) is 15.0. The minimum absolute atomic E-state index is 0.0195. The first kappa shape index (κ1) is 24.7. The van der Waals surface area contributed by atoms with E-state index in [1.807, 2.05) is 25.3 Å². The second kappa shape index (κ2) is 8.82. The highest BCUT2D eigenvalue weighted by atomic mass is 16.2. The molecule has 2 atom stereocenters. The maximum Gasteiger partial charge on any atom is 0.260 e. The Labute approximate surface area is 248 Å². The Morgan fingerprint density at radius 3 is 2.56 bits per heavy atom. The Morgan fingerprint density at radius 1 is 0.884 bits per heavy atom. The fourth-order valence-corrected chi connectivity index (χ4v) is 7.47. The number of hydrogen-bond acceptors (Lipinski definition) is 8. The number of para-hydroxylation sites is 1. The average Bonchev–Trinajstić information content (AvgIpc) is 3.42. The van der Waals surface area contributed by atoms with Gasteiger partial charge in [0.15, 0.2) is 11.6 Å². The van der Waals surface area contributed by atoms with Crippen LogP contribution in [-0.4, -0.2) is 51.9 Å². The van der Waals surface area contributed by atoms with E-state index < -0.39 is 0 Å². The maximum atomic E-state index is 13.3. The third-order valence-electron chi connectivity index (χ3n) is 9.72. The molecule has 43 heavy (non-hydrogen) atoms. The van der Waals surface area contributed by atoms with E-state index in [-0.39, 0.29) is 11.8 Å². The van der Waals surface area contributed by atoms with Crippen molar-refractivity contribution in [3.8, 4) is 0 Å². The molecular weight excluding hydrogens is 540 g/mol. The quantitative estimate of drug-likeness (QED) is 0.381. The molecule has 1 fully saturated rings. The van der Waals surface area contributed by atoms with E-state index in [0.29, 0.717) is 23.3 Å². The molecule has 6 heterocycles. The molecule has 2 amide bonds. The van der Waals surface area contributed by atoms with Gasteiger partial charge in [0.05, 0.1) is 34.9 Å². The topological polar surface area (TPSA) is 107 Å². The Balaban J connectivity index is 0.962. The van der Waals surface area contributed by atoms with Gasteiger partial charge in [0, 0.05) is 26.6 Å². The number of hydrogen-bond donors (Lipinski definition) is 1. The van der Waals surface area contributed by atoms with Crippen LogP contribution in [0, 0.1) is 18.8 Å². The van der Waals surface area contributed by atoms with Crippen LogP contribution in [0.15, 0.2) is 42.7 Å². The number of amides is 2. The highest BCUT2D eigenvalue weighted by Crippen LogP contribution is 2.48. The summed E-state index contributed by atoms with van der Waals surface area (Å²) in [6.07, 6.45) is 8.16. The summed E-state index contributed by atoms with van der Waals surface area (Å²) in [6, 6.07) is 10.3. The molecule has 0 saturated heterocycles. The summed E-state index contributed by atoms with van der Waals surface area (Å²) in [5.74, 6) is 4.01. The number of carbonyl (C=O) groups excluding carboxylic acids is 2. The first-order valence-electron chi connectivity index (χ1n) is 15.0. The molecule has 0 spiro atoms. The summed E-state index contributed by atoms with van der Waals surface area (Å²) in [5.41, 5.74) is 8.45. The van der Waals surface area contributed by atoms with Crippen molar-refractivity contribution >= 4 is 46.2 Å². The van der Waals surface area contributed by atoms with Gasteiger partial charge in [-0.25, -0.2) is 19.9 Å². The van der Waals surface area contributed by atoms with Gasteiger partial charge in [0.2, 0.25) is 0 Å². The normalized spacial score (nSPS) is 20.7. The fourth-order valence-electron chi connectivity index (χ4n) is 7.47. The monoisotopic (exact) mass is 570 g/mol. The third-order valence-corrected chi connectivity index (χ3v) is 9.72. The number of carbonyl (C=O) groups is 2. The van der Waals surface area contributed by atoms with E-state index in [0.717, 1.165) is 90.8 Å². The Hall–Kier alpha value is -4.86. The molecule has 1 saturated carbocycles. The lowest BCUT2D eigenvalue weighted by molar-refractivity contribution is 0.0992. The minimum Gasteiger partial charge on any atom is -0.323 e. The summed E-state index contributed by atoms with van der Waals surface area (Å²) < 4.78 is 0. The second-order valence-electron chi connectivity index (χ2n) is 12.4. The van der Waals surface area contributed by atoms with Crippen molar-refractivity contribution in [1.29, 1.82) is 0 Å². The molecule has 0 bridgehead atoms. The summed E-state index contributed by atoms with van der Waals surface area (Å²) in [6.45, 7) is 3.48. The summed E-state index contributed by atoms with van der Waals surface area (Å²) >= 11 is 0. The van der Waals surface area contributed by atoms with Gasteiger partial charge in [0.25, 0.3) is 11.8 Å². The molecule has 1 aliphatic carbocycles. The van der Waals surface area contributed by atoms with Crippen molar-refractivity contribution < 1.29 is 9.59 Å². The largest absolute Gasteiger partial charge is 0.323 e. The van der Waals surface area contributed by atoms with Gasteiger partial charge in [-0.05, 0) is 73.3 Å². The van der Waals surface area contributed by atoms with Crippen LogP contribution in [0.5, 0.6) is 0 Å². The molecular formula is C33H30N8O2. The SMILES string of the molecule is Cc1ncc2c(n1)N1CCc3cc(CC4C[C@@H]4Cc4ncc5c(n4)N4CCc6cccc(c64)C(=O)N5C)cc(c31)C(=O)N2. The van der Waals surface area contributed by atoms with Crippen molar-refractivity contribution in [2.45, 2.75) is 39.0 Å². The number of fused-ring (bicyclic) bond motifs is 4. The molecule has 0 radical (unpaired) electrons. The summed E-state index contributed by atoms with van der Waals surface area (Å²) in [5, 5.41) is 3.04. The molecule has 1 N–H and O–H groups in total. The van der Waals surface area contributed by atoms with Gasteiger partial charge in [-0.1, -0.05) is 18.2 Å². The standard InChI is InChI=1S/C33H30N8O2/c1-17-34-15-25-30(36-17)40-9-7-20-10-18(12-24(29(20)40)32(42)37-25)11-21-13-22(21)14-27-35-16-26-31(38-27)41-8-6-19-4-3-5-23(28(19)41)33(43)39(26)2/h3-5,10,12,15-16,21-22H,6-9,11,13-14H2,1-2H3,(H,37,42)/t21?,22-/m1/s1. The van der Waals surface area contributed by atoms with Crippen LogP contribution in [0.2, 0.25) is 0 Å². The molecule has 2 aromatic heterocycles. The molecule has 5 aliphatic rings. The van der Waals surface area contributed by atoms with Gasteiger partial charge < -0.3 is 20.0 Å². The number of aromatic nitrogens is 4. The lowest BCUT2D eigenvalue weighted by Gasteiger charge is -2.21.